The van der Waals surface area contributed by atoms with Crippen LogP contribution >= 0.6 is 0 Å². The van der Waals surface area contributed by atoms with Crippen molar-refractivity contribution in [2.45, 2.75) is 0 Å². The fourth-order valence-electron chi connectivity index (χ4n) is 2.81. The van der Waals surface area contributed by atoms with E-state index in [-0.39, 0.29) is 17.1 Å². The zero-order valence-corrected chi connectivity index (χ0v) is 15.5. The molecular formula is C19H15F2N9. The summed E-state index contributed by atoms with van der Waals surface area (Å²) in [5.74, 6) is -0.325. The van der Waals surface area contributed by atoms with Crippen LogP contribution in [0.2, 0.25) is 0 Å². The quantitative estimate of drug-likeness (QED) is 0.416. The molecule has 0 aliphatic rings. The number of nitrogens with one attached hydrogen (secondary N) is 2. The molecular weight excluding hydrogens is 392 g/mol. The topological polar surface area (TPSA) is 130 Å². The average molecular weight is 407 g/mol. The fraction of sp³-hybridized carbons (Fsp3) is 0.105. The maximum absolute atomic E-state index is 14.2. The molecule has 0 saturated carbocycles. The number of nitrogens with zero attached hydrogens (tertiary/aromatic N) is 6. The van der Waals surface area contributed by atoms with Gasteiger partial charge in [0.1, 0.15) is 35.7 Å². The van der Waals surface area contributed by atoms with Gasteiger partial charge in [-0.05, 0) is 24.3 Å². The van der Waals surface area contributed by atoms with Crippen molar-refractivity contribution in [2.24, 2.45) is 0 Å². The molecule has 4 N–H and O–H groups in total. The molecule has 3 aromatic heterocycles. The molecule has 0 amide bonds. The Bertz CT molecular complexity index is 1260. The molecule has 30 heavy (non-hydrogen) atoms. The number of fused-ring (bicyclic) bond motifs is 1. The van der Waals surface area contributed by atoms with Crippen molar-refractivity contribution in [1.29, 1.82) is 5.26 Å². The third-order valence-electron chi connectivity index (χ3n) is 4.24. The summed E-state index contributed by atoms with van der Waals surface area (Å²) in [6.45, 7) is 0.877. The number of rotatable bonds is 6. The van der Waals surface area contributed by atoms with Crippen LogP contribution < -0.4 is 16.4 Å². The summed E-state index contributed by atoms with van der Waals surface area (Å²) >= 11 is 0. The first kappa shape index (κ1) is 19.0. The molecule has 0 unspecified atom stereocenters. The Hall–Kier alpha value is -4.33. The van der Waals surface area contributed by atoms with Crippen LogP contribution in [0.1, 0.15) is 5.56 Å². The van der Waals surface area contributed by atoms with Crippen LogP contribution in [-0.4, -0.2) is 37.7 Å². The summed E-state index contributed by atoms with van der Waals surface area (Å²) in [7, 11) is 0. The number of anilines is 3. The van der Waals surface area contributed by atoms with Gasteiger partial charge in [0.25, 0.3) is 0 Å². The zero-order chi connectivity index (χ0) is 21.1. The Morgan fingerprint density at radius 2 is 1.93 bits per heavy atom. The molecule has 0 saturated heterocycles. The van der Waals surface area contributed by atoms with Crippen LogP contribution in [0.5, 0.6) is 0 Å². The number of nitrogen functional groups attached to an aromatic ring is 1. The lowest BCUT2D eigenvalue weighted by molar-refractivity contribution is 0.585. The molecule has 0 aliphatic carbocycles. The minimum atomic E-state index is -0.723. The molecule has 11 heteroatoms. The second-order valence-electron chi connectivity index (χ2n) is 6.22. The summed E-state index contributed by atoms with van der Waals surface area (Å²) in [4.78, 5) is 12.7. The molecule has 4 rings (SSSR count). The lowest BCUT2D eigenvalue weighted by Gasteiger charge is -2.11. The second-order valence-corrected chi connectivity index (χ2v) is 6.22. The molecule has 4 aromatic rings. The van der Waals surface area contributed by atoms with E-state index in [1.165, 1.54) is 29.2 Å². The maximum Gasteiger partial charge on any atom is 0.198 e. The molecule has 0 aliphatic heterocycles. The summed E-state index contributed by atoms with van der Waals surface area (Å²) in [5.41, 5.74) is 6.89. The van der Waals surface area contributed by atoms with E-state index in [0.29, 0.717) is 35.9 Å². The normalized spacial score (nSPS) is 10.7. The largest absolute Gasteiger partial charge is 0.383 e. The van der Waals surface area contributed by atoms with Gasteiger partial charge in [0, 0.05) is 24.7 Å². The van der Waals surface area contributed by atoms with E-state index in [2.05, 4.69) is 30.7 Å². The Balaban J connectivity index is 1.50. The van der Waals surface area contributed by atoms with E-state index < -0.39 is 11.6 Å². The van der Waals surface area contributed by atoms with Gasteiger partial charge in [-0.25, -0.2) is 28.2 Å². The highest BCUT2D eigenvalue weighted by atomic mass is 19.1. The van der Waals surface area contributed by atoms with Crippen LogP contribution in [0.4, 0.5) is 26.2 Å². The van der Waals surface area contributed by atoms with Gasteiger partial charge in [0.15, 0.2) is 11.5 Å². The van der Waals surface area contributed by atoms with Crippen molar-refractivity contribution in [3.63, 3.8) is 0 Å². The van der Waals surface area contributed by atoms with Crippen molar-refractivity contribution in [2.75, 3.05) is 29.5 Å². The number of nitrogens with two attached hydrogens (primary N) is 1. The van der Waals surface area contributed by atoms with Crippen LogP contribution in [0.15, 0.2) is 42.9 Å². The maximum atomic E-state index is 14.2. The van der Waals surface area contributed by atoms with E-state index >= 15 is 0 Å². The van der Waals surface area contributed by atoms with E-state index in [1.807, 2.05) is 6.07 Å². The molecule has 0 radical (unpaired) electrons. The highest BCUT2D eigenvalue weighted by molar-refractivity contribution is 5.69. The molecule has 3 heterocycles. The first-order valence-electron chi connectivity index (χ1n) is 8.85. The van der Waals surface area contributed by atoms with Crippen molar-refractivity contribution < 1.29 is 8.78 Å². The Kier molecular flexibility index (Phi) is 5.04. The van der Waals surface area contributed by atoms with Crippen LogP contribution in [0.25, 0.3) is 16.9 Å². The first-order chi connectivity index (χ1) is 14.5. The third kappa shape index (κ3) is 3.79. The standard InChI is InChI=1S/C19H15F2N9/c20-12-2-3-13(14(21)7-12)15-9-30-19(26-10-27-30)18(28-15)25-6-5-24-16-4-1-11(8-22)17(23)29-16/h1-4,7,9-10H,5-6H2,(H,25,28)(H3,23,24,29). The summed E-state index contributed by atoms with van der Waals surface area (Å²) in [6, 6.07) is 8.48. The number of benzene rings is 1. The molecule has 0 fully saturated rings. The van der Waals surface area contributed by atoms with E-state index in [4.69, 9.17) is 11.0 Å². The van der Waals surface area contributed by atoms with Gasteiger partial charge < -0.3 is 16.4 Å². The number of nitriles is 1. The number of aromatic nitrogens is 5. The number of halogens is 2. The van der Waals surface area contributed by atoms with Gasteiger partial charge in [-0.15, -0.1) is 0 Å². The molecule has 0 spiro atoms. The highest BCUT2D eigenvalue weighted by Crippen LogP contribution is 2.24. The lowest BCUT2D eigenvalue weighted by atomic mass is 10.1. The van der Waals surface area contributed by atoms with Crippen LogP contribution in [0.3, 0.4) is 0 Å². The lowest BCUT2D eigenvalue weighted by Crippen LogP contribution is -2.16. The molecule has 0 bridgehead atoms. The Morgan fingerprint density at radius 1 is 1.10 bits per heavy atom. The summed E-state index contributed by atoms with van der Waals surface area (Å²) < 4.78 is 28.9. The monoisotopic (exact) mass is 407 g/mol. The van der Waals surface area contributed by atoms with Gasteiger partial charge in [-0.1, -0.05) is 0 Å². The van der Waals surface area contributed by atoms with Crippen molar-refractivity contribution >= 4 is 23.1 Å². The van der Waals surface area contributed by atoms with Gasteiger partial charge in [-0.2, -0.15) is 10.4 Å². The van der Waals surface area contributed by atoms with Crippen LogP contribution in [0, 0.1) is 23.0 Å². The predicted octanol–water partition coefficient (Wildman–Crippen LogP) is 2.44. The van der Waals surface area contributed by atoms with Crippen molar-refractivity contribution in [3.8, 4) is 17.3 Å². The van der Waals surface area contributed by atoms with E-state index in [0.717, 1.165) is 6.07 Å². The molecule has 150 valence electrons. The van der Waals surface area contributed by atoms with Gasteiger partial charge in [0.05, 0.1) is 17.5 Å². The van der Waals surface area contributed by atoms with Crippen LogP contribution in [-0.2, 0) is 0 Å². The number of hydrogen-bond donors (Lipinski definition) is 3. The average Bonchev–Trinajstić information content (AvgIpc) is 3.20. The predicted molar refractivity (Wildman–Crippen MR) is 106 cm³/mol. The van der Waals surface area contributed by atoms with E-state index in [9.17, 15) is 8.78 Å². The van der Waals surface area contributed by atoms with Crippen molar-refractivity contribution in [1.82, 2.24) is 24.6 Å². The van der Waals surface area contributed by atoms with Gasteiger partial charge in [0.2, 0.25) is 0 Å². The number of hydrogen-bond acceptors (Lipinski definition) is 8. The molecule has 1 aromatic carbocycles. The molecule has 0 atom stereocenters. The third-order valence-corrected chi connectivity index (χ3v) is 4.24. The minimum Gasteiger partial charge on any atom is -0.383 e. The first-order valence-corrected chi connectivity index (χ1v) is 8.85. The van der Waals surface area contributed by atoms with Gasteiger partial charge >= 0.3 is 0 Å². The van der Waals surface area contributed by atoms with Crippen molar-refractivity contribution in [3.05, 3.63) is 60.1 Å². The fourth-order valence-corrected chi connectivity index (χ4v) is 2.81. The minimum absolute atomic E-state index is 0.146. The smallest absolute Gasteiger partial charge is 0.198 e. The Labute approximate surface area is 169 Å². The zero-order valence-electron chi connectivity index (χ0n) is 15.5. The number of pyridine rings is 1. The van der Waals surface area contributed by atoms with Gasteiger partial charge in [-0.3, -0.25) is 0 Å². The molecule has 9 nitrogen and oxygen atoms in total. The summed E-state index contributed by atoms with van der Waals surface area (Å²) in [5, 5.41) is 19.2. The SMILES string of the molecule is N#Cc1ccc(NCCNc2nc(-c3ccc(F)cc3F)cn3ncnc23)nc1N. The van der Waals surface area contributed by atoms with E-state index in [1.54, 1.807) is 12.1 Å². The second kappa shape index (κ2) is 7.96. The highest BCUT2D eigenvalue weighted by Gasteiger charge is 2.13. The summed E-state index contributed by atoms with van der Waals surface area (Å²) in [6.07, 6.45) is 2.88. The Morgan fingerprint density at radius 3 is 2.70 bits per heavy atom.